The minimum absolute atomic E-state index is 0.115. The molecular weight excluding hydrogens is 459 g/mol. The maximum absolute atomic E-state index is 15.1. The highest BCUT2D eigenvalue weighted by molar-refractivity contribution is 5.97. The lowest BCUT2D eigenvalue weighted by Crippen LogP contribution is -2.30. The van der Waals surface area contributed by atoms with E-state index in [-0.39, 0.29) is 11.4 Å². The summed E-state index contributed by atoms with van der Waals surface area (Å²) in [7, 11) is 0. The number of hydrogen-bond donors (Lipinski definition) is 3. The Kier molecular flexibility index (Phi) is 5.55. The van der Waals surface area contributed by atoms with Gasteiger partial charge in [-0.3, -0.25) is 14.9 Å². The first-order chi connectivity index (χ1) is 17.6. The maximum atomic E-state index is 15.1. The lowest BCUT2D eigenvalue weighted by atomic mass is 10.0. The van der Waals surface area contributed by atoms with Crippen molar-refractivity contribution in [2.24, 2.45) is 0 Å². The van der Waals surface area contributed by atoms with Gasteiger partial charge in [-0.2, -0.15) is 5.10 Å². The maximum Gasteiger partial charge on any atom is 0.224 e. The number of halogens is 1. The molecule has 5 heterocycles. The zero-order chi connectivity index (χ0) is 24.6. The lowest BCUT2D eigenvalue weighted by molar-refractivity contribution is -0.115. The van der Waals surface area contributed by atoms with Crippen molar-refractivity contribution in [3.05, 3.63) is 48.7 Å². The zero-order valence-electron chi connectivity index (χ0n) is 19.8. The van der Waals surface area contributed by atoms with Crippen LogP contribution in [0.2, 0.25) is 0 Å². The van der Waals surface area contributed by atoms with E-state index in [1.165, 1.54) is 12.5 Å². The van der Waals surface area contributed by atoms with Crippen LogP contribution in [0.4, 0.5) is 15.9 Å². The Morgan fingerprint density at radius 3 is 2.81 bits per heavy atom. The van der Waals surface area contributed by atoms with E-state index in [4.69, 9.17) is 4.98 Å². The van der Waals surface area contributed by atoms with Gasteiger partial charge < -0.3 is 15.2 Å². The molecule has 1 aliphatic rings. The topological polar surface area (TPSA) is 115 Å². The molecule has 0 unspecified atom stereocenters. The number of pyridine rings is 2. The summed E-state index contributed by atoms with van der Waals surface area (Å²) in [4.78, 5) is 31.1. The van der Waals surface area contributed by atoms with Gasteiger partial charge in [0.2, 0.25) is 5.91 Å². The second-order valence-corrected chi connectivity index (χ2v) is 8.98. The number of aromatic amines is 2. The highest BCUT2D eigenvalue weighted by Crippen LogP contribution is 2.34. The number of rotatable bonds is 5. The van der Waals surface area contributed by atoms with Crippen molar-refractivity contribution >= 4 is 39.3 Å². The number of amides is 1. The fourth-order valence-corrected chi connectivity index (χ4v) is 4.71. The molecule has 0 radical (unpaired) electrons. The van der Waals surface area contributed by atoms with E-state index in [1.54, 1.807) is 31.6 Å². The molecular formula is C26H25FN8O. The molecule has 0 saturated carbocycles. The highest BCUT2D eigenvalue weighted by atomic mass is 19.1. The number of anilines is 2. The van der Waals surface area contributed by atoms with Gasteiger partial charge in [-0.05, 0) is 49.1 Å². The predicted octanol–water partition coefficient (Wildman–Crippen LogP) is 5.04. The van der Waals surface area contributed by atoms with Crippen LogP contribution in [0.25, 0.3) is 44.6 Å². The number of carbonyl (C=O) groups is 1. The molecule has 9 nitrogen and oxygen atoms in total. The third kappa shape index (κ3) is 3.94. The van der Waals surface area contributed by atoms with Crippen LogP contribution in [0.1, 0.15) is 32.6 Å². The molecule has 3 N–H and O–H groups in total. The molecule has 5 aromatic rings. The number of nitrogens with one attached hydrogen (secondary N) is 3. The van der Waals surface area contributed by atoms with E-state index in [0.29, 0.717) is 40.1 Å². The van der Waals surface area contributed by atoms with Crippen LogP contribution in [-0.4, -0.2) is 49.1 Å². The summed E-state index contributed by atoms with van der Waals surface area (Å²) in [6.07, 6.45) is 8.86. The number of carbonyl (C=O) groups excluding carboxylic acids is 1. The Hall–Kier alpha value is -4.34. The largest absolute Gasteiger partial charge is 0.355 e. The fourth-order valence-electron chi connectivity index (χ4n) is 4.71. The minimum Gasteiger partial charge on any atom is -0.355 e. The zero-order valence-corrected chi connectivity index (χ0v) is 19.8. The molecule has 0 atom stereocenters. The summed E-state index contributed by atoms with van der Waals surface area (Å²) in [5, 5.41) is 10.6. The van der Waals surface area contributed by atoms with E-state index in [9.17, 15) is 4.79 Å². The van der Waals surface area contributed by atoms with Gasteiger partial charge in [-0.25, -0.2) is 14.4 Å². The number of piperidine rings is 1. The molecule has 1 aromatic carbocycles. The van der Waals surface area contributed by atoms with Crippen molar-refractivity contribution in [1.29, 1.82) is 0 Å². The summed E-state index contributed by atoms with van der Waals surface area (Å²) >= 11 is 0. The van der Waals surface area contributed by atoms with Crippen LogP contribution in [0.3, 0.4) is 0 Å². The summed E-state index contributed by atoms with van der Waals surface area (Å²) in [5.74, 6) is 0.857. The molecule has 10 heteroatoms. The van der Waals surface area contributed by atoms with Gasteiger partial charge in [0.15, 0.2) is 17.5 Å². The van der Waals surface area contributed by atoms with Gasteiger partial charge in [0.05, 0.1) is 17.4 Å². The number of H-pyrrole nitrogens is 2. The van der Waals surface area contributed by atoms with Gasteiger partial charge in [-0.1, -0.05) is 6.92 Å². The smallest absolute Gasteiger partial charge is 0.224 e. The SMILES string of the molecule is CCC(=O)Nc1cncc(-c2cc(F)c3n[nH]c(-c4nc5c(N6CCCCC6)nccc5[nH]4)c3c2)c1. The summed E-state index contributed by atoms with van der Waals surface area (Å²) in [6, 6.07) is 6.95. The van der Waals surface area contributed by atoms with E-state index in [2.05, 4.69) is 35.4 Å². The first-order valence-corrected chi connectivity index (χ1v) is 12.1. The van der Waals surface area contributed by atoms with Crippen molar-refractivity contribution in [2.45, 2.75) is 32.6 Å². The van der Waals surface area contributed by atoms with Crippen LogP contribution >= 0.6 is 0 Å². The van der Waals surface area contributed by atoms with Crippen LogP contribution in [0.5, 0.6) is 0 Å². The molecule has 1 saturated heterocycles. The fraction of sp³-hybridized carbons (Fsp3) is 0.269. The Balaban J connectivity index is 1.43. The third-order valence-corrected chi connectivity index (χ3v) is 6.56. The van der Waals surface area contributed by atoms with Crippen LogP contribution in [-0.2, 0) is 4.79 Å². The van der Waals surface area contributed by atoms with Gasteiger partial charge in [0.25, 0.3) is 0 Å². The standard InChI is InChI=1S/C26H25FN8O/c1-2-21(36)30-17-10-16(13-28-14-17)15-11-18-22(19(27)12-15)33-34-23(18)25-31-20-6-7-29-26(24(20)32-25)35-8-4-3-5-9-35/h6-7,10-14H,2-5,8-9H2,1H3,(H,30,36)(H,31,32)(H,33,34). The van der Waals surface area contributed by atoms with Gasteiger partial charge in [0.1, 0.15) is 16.7 Å². The lowest BCUT2D eigenvalue weighted by Gasteiger charge is -2.27. The molecule has 0 aliphatic carbocycles. The number of benzene rings is 1. The van der Waals surface area contributed by atoms with Crippen LogP contribution < -0.4 is 10.2 Å². The molecule has 6 rings (SSSR count). The average molecular weight is 485 g/mol. The number of imidazole rings is 1. The normalized spacial score (nSPS) is 14.0. The second kappa shape index (κ2) is 9.03. The summed E-state index contributed by atoms with van der Waals surface area (Å²) < 4.78 is 15.1. The molecule has 0 bridgehead atoms. The van der Waals surface area contributed by atoms with Crippen molar-refractivity contribution in [1.82, 2.24) is 30.1 Å². The van der Waals surface area contributed by atoms with Crippen LogP contribution in [0, 0.1) is 5.82 Å². The van der Waals surface area contributed by atoms with Gasteiger partial charge >= 0.3 is 0 Å². The number of hydrogen-bond acceptors (Lipinski definition) is 6. The van der Waals surface area contributed by atoms with Crippen molar-refractivity contribution in [3.63, 3.8) is 0 Å². The van der Waals surface area contributed by atoms with E-state index < -0.39 is 5.82 Å². The molecule has 1 fully saturated rings. The molecule has 4 aromatic heterocycles. The Bertz CT molecular complexity index is 1580. The number of nitrogens with zero attached hydrogens (tertiary/aromatic N) is 5. The minimum atomic E-state index is -0.459. The van der Waals surface area contributed by atoms with Gasteiger partial charge in [0, 0.05) is 42.9 Å². The van der Waals surface area contributed by atoms with Crippen molar-refractivity contribution in [3.8, 4) is 22.6 Å². The van der Waals surface area contributed by atoms with Crippen molar-refractivity contribution < 1.29 is 9.18 Å². The van der Waals surface area contributed by atoms with Gasteiger partial charge in [-0.15, -0.1) is 0 Å². The van der Waals surface area contributed by atoms with Crippen LogP contribution in [0.15, 0.2) is 42.9 Å². The number of aromatic nitrogens is 6. The van der Waals surface area contributed by atoms with E-state index >= 15 is 4.39 Å². The van der Waals surface area contributed by atoms with Crippen molar-refractivity contribution in [2.75, 3.05) is 23.3 Å². The second-order valence-electron chi connectivity index (χ2n) is 8.98. The number of fused-ring (bicyclic) bond motifs is 2. The molecule has 1 aliphatic heterocycles. The molecule has 36 heavy (non-hydrogen) atoms. The molecule has 1 amide bonds. The first-order valence-electron chi connectivity index (χ1n) is 12.1. The monoisotopic (exact) mass is 484 g/mol. The Morgan fingerprint density at radius 2 is 1.97 bits per heavy atom. The molecule has 182 valence electrons. The first kappa shape index (κ1) is 22.1. The molecule has 0 spiro atoms. The van der Waals surface area contributed by atoms with E-state index in [1.807, 2.05) is 12.1 Å². The quantitative estimate of drug-likeness (QED) is 0.322. The summed E-state index contributed by atoms with van der Waals surface area (Å²) in [6.45, 7) is 3.70. The van der Waals surface area contributed by atoms with E-state index in [0.717, 1.165) is 42.8 Å². The third-order valence-electron chi connectivity index (χ3n) is 6.56. The Labute approximate surface area is 206 Å². The summed E-state index contributed by atoms with van der Waals surface area (Å²) in [5.41, 5.74) is 4.33. The highest BCUT2D eigenvalue weighted by Gasteiger charge is 2.20. The predicted molar refractivity (Wildman–Crippen MR) is 137 cm³/mol. The average Bonchev–Trinajstić information content (AvgIpc) is 3.53. The Morgan fingerprint density at radius 1 is 1.11 bits per heavy atom.